The van der Waals surface area contributed by atoms with Crippen LogP contribution in [-0.4, -0.2) is 19.3 Å². The maximum Gasteiger partial charge on any atom is 0.185 e. The molecule has 0 atom stereocenters. The van der Waals surface area contributed by atoms with Crippen molar-refractivity contribution in [2.24, 2.45) is 0 Å². The molecule has 0 radical (unpaired) electrons. The molecule has 0 aliphatic heterocycles. The van der Waals surface area contributed by atoms with Crippen molar-refractivity contribution >= 4 is 7.98 Å². The Bertz CT molecular complexity index is 247. The van der Waals surface area contributed by atoms with E-state index in [2.05, 4.69) is 50.9 Å². The van der Waals surface area contributed by atoms with E-state index in [1.54, 1.807) is 0 Å². The third kappa shape index (κ3) is 2.38. The van der Waals surface area contributed by atoms with Crippen molar-refractivity contribution in [3.05, 3.63) is 35.4 Å². The molecular weight excluding hydrogens is 145 g/mol. The Labute approximate surface area is 75.8 Å². The van der Waals surface area contributed by atoms with Gasteiger partial charge in [-0.15, -0.1) is 0 Å². The van der Waals surface area contributed by atoms with Crippen LogP contribution >= 0.6 is 0 Å². The van der Waals surface area contributed by atoms with Crippen LogP contribution in [0.4, 0.5) is 0 Å². The van der Waals surface area contributed by atoms with E-state index >= 15 is 0 Å². The molecule has 0 fully saturated rings. The van der Waals surface area contributed by atoms with E-state index in [0.717, 1.165) is 13.1 Å². The summed E-state index contributed by atoms with van der Waals surface area (Å²) in [7, 11) is 2.15. The summed E-state index contributed by atoms with van der Waals surface area (Å²) in [6.07, 6.45) is 0. The van der Waals surface area contributed by atoms with Gasteiger partial charge in [0.2, 0.25) is 0 Å². The normalized spacial score (nSPS) is 10.6. The summed E-state index contributed by atoms with van der Waals surface area (Å²) in [5.41, 5.74) is 2.82. The summed E-state index contributed by atoms with van der Waals surface area (Å²) in [5.74, 6) is 0. The van der Waals surface area contributed by atoms with Crippen molar-refractivity contribution in [1.82, 2.24) is 4.81 Å². The van der Waals surface area contributed by atoms with Crippen LogP contribution in [0.2, 0.25) is 0 Å². The highest BCUT2D eigenvalue weighted by atomic mass is 15.0. The van der Waals surface area contributed by atoms with Gasteiger partial charge in [-0.2, -0.15) is 0 Å². The minimum absolute atomic E-state index is 1.06. The summed E-state index contributed by atoms with van der Waals surface area (Å²) in [5, 5.41) is 0. The van der Waals surface area contributed by atoms with Crippen LogP contribution in [0.15, 0.2) is 24.3 Å². The maximum absolute atomic E-state index is 2.31. The maximum atomic E-state index is 2.31. The third-order valence-corrected chi connectivity index (χ3v) is 2.24. The molecule has 0 saturated carbocycles. The lowest BCUT2D eigenvalue weighted by molar-refractivity contribution is 0.472. The third-order valence-electron chi connectivity index (χ3n) is 2.24. The molecule has 0 spiro atoms. The molecule has 1 rings (SSSR count). The van der Waals surface area contributed by atoms with E-state index in [1.807, 2.05) is 0 Å². The zero-order valence-corrected chi connectivity index (χ0v) is 8.17. The summed E-state index contributed by atoms with van der Waals surface area (Å²) in [6.45, 7) is 6.51. The Kier molecular flexibility index (Phi) is 3.36. The van der Waals surface area contributed by atoms with E-state index in [9.17, 15) is 0 Å². The van der Waals surface area contributed by atoms with Crippen LogP contribution in [0.5, 0.6) is 0 Å². The highest BCUT2D eigenvalue weighted by Crippen LogP contribution is 2.08. The molecule has 0 aliphatic carbocycles. The molecule has 2 heteroatoms. The molecule has 1 aromatic carbocycles. The topological polar surface area (TPSA) is 3.24 Å². The Morgan fingerprint density at radius 2 is 2.00 bits per heavy atom. The van der Waals surface area contributed by atoms with Crippen molar-refractivity contribution in [2.45, 2.75) is 20.4 Å². The van der Waals surface area contributed by atoms with E-state index in [1.165, 1.54) is 11.1 Å². The van der Waals surface area contributed by atoms with Gasteiger partial charge in [-0.3, -0.25) is 0 Å². The molecule has 64 valence electrons. The molecule has 0 bridgehead atoms. The van der Waals surface area contributed by atoms with E-state index in [4.69, 9.17) is 0 Å². The van der Waals surface area contributed by atoms with Gasteiger partial charge < -0.3 is 4.81 Å². The van der Waals surface area contributed by atoms with Gasteiger partial charge >= 0.3 is 0 Å². The number of benzene rings is 1. The average molecular weight is 161 g/mol. The van der Waals surface area contributed by atoms with Crippen molar-refractivity contribution in [2.75, 3.05) is 6.54 Å². The van der Waals surface area contributed by atoms with Gasteiger partial charge in [-0.25, -0.2) is 0 Å². The first-order valence-corrected chi connectivity index (χ1v) is 4.47. The number of aryl methyl sites for hydroxylation is 1. The number of hydrogen-bond acceptors (Lipinski definition) is 1. The van der Waals surface area contributed by atoms with E-state index in [-0.39, 0.29) is 0 Å². The first-order chi connectivity index (χ1) is 5.74. The first kappa shape index (κ1) is 9.33. The monoisotopic (exact) mass is 161 g/mol. The second-order valence-electron chi connectivity index (χ2n) is 3.26. The SMILES string of the molecule is BN(CC)Cc1ccccc1C. The van der Waals surface area contributed by atoms with Crippen LogP contribution in [0, 0.1) is 6.92 Å². The quantitative estimate of drug-likeness (QED) is 0.605. The minimum Gasteiger partial charge on any atom is -0.345 e. The number of hydrogen-bond donors (Lipinski definition) is 0. The lowest BCUT2D eigenvalue weighted by Gasteiger charge is -2.15. The zero-order valence-electron chi connectivity index (χ0n) is 8.17. The molecule has 0 aliphatic rings. The van der Waals surface area contributed by atoms with Crippen molar-refractivity contribution in [3.8, 4) is 0 Å². The lowest BCUT2D eigenvalue weighted by atomic mass is 10.1. The van der Waals surface area contributed by atoms with Crippen LogP contribution < -0.4 is 0 Å². The largest absolute Gasteiger partial charge is 0.345 e. The van der Waals surface area contributed by atoms with Gasteiger partial charge in [0.25, 0.3) is 0 Å². The summed E-state index contributed by atoms with van der Waals surface area (Å²) < 4.78 is 0. The second-order valence-corrected chi connectivity index (χ2v) is 3.26. The molecule has 0 aromatic heterocycles. The van der Waals surface area contributed by atoms with Crippen molar-refractivity contribution in [1.29, 1.82) is 0 Å². The fourth-order valence-corrected chi connectivity index (χ4v) is 1.19. The lowest BCUT2D eigenvalue weighted by Crippen LogP contribution is -2.19. The Morgan fingerprint density at radius 1 is 1.33 bits per heavy atom. The van der Waals surface area contributed by atoms with Crippen LogP contribution in [0.25, 0.3) is 0 Å². The molecule has 0 unspecified atom stereocenters. The smallest absolute Gasteiger partial charge is 0.185 e. The van der Waals surface area contributed by atoms with Crippen molar-refractivity contribution < 1.29 is 0 Å². The van der Waals surface area contributed by atoms with E-state index in [0.29, 0.717) is 0 Å². The van der Waals surface area contributed by atoms with Crippen LogP contribution in [0.1, 0.15) is 18.1 Å². The van der Waals surface area contributed by atoms with Crippen LogP contribution in [0.3, 0.4) is 0 Å². The van der Waals surface area contributed by atoms with Crippen molar-refractivity contribution in [3.63, 3.8) is 0 Å². The zero-order chi connectivity index (χ0) is 8.97. The number of nitrogens with zero attached hydrogens (tertiary/aromatic N) is 1. The van der Waals surface area contributed by atoms with Gasteiger partial charge in [0, 0.05) is 6.54 Å². The fourth-order valence-electron chi connectivity index (χ4n) is 1.19. The molecule has 12 heavy (non-hydrogen) atoms. The fraction of sp³-hybridized carbons (Fsp3) is 0.400. The van der Waals surface area contributed by atoms with Crippen LogP contribution in [-0.2, 0) is 6.54 Å². The molecule has 1 aromatic rings. The molecular formula is C10H16BN. The van der Waals surface area contributed by atoms with Gasteiger partial charge in [-0.05, 0) is 24.6 Å². The highest BCUT2D eigenvalue weighted by molar-refractivity contribution is 6.04. The molecule has 0 saturated heterocycles. The first-order valence-electron chi connectivity index (χ1n) is 4.47. The second kappa shape index (κ2) is 4.32. The molecule has 0 N–H and O–H groups in total. The molecule has 1 nitrogen and oxygen atoms in total. The van der Waals surface area contributed by atoms with Gasteiger partial charge in [0.05, 0.1) is 0 Å². The number of rotatable bonds is 3. The highest BCUT2D eigenvalue weighted by Gasteiger charge is 1.98. The Hall–Kier alpha value is -0.755. The minimum atomic E-state index is 1.06. The predicted molar refractivity (Wildman–Crippen MR) is 55.8 cm³/mol. The Balaban J connectivity index is 2.69. The standard InChI is InChI=1S/C10H16BN/c1-3-12(11)8-10-7-5-4-6-9(10)2/h4-7H,3,8,11H2,1-2H3. The summed E-state index contributed by atoms with van der Waals surface area (Å²) in [6, 6.07) is 8.55. The van der Waals surface area contributed by atoms with Gasteiger partial charge in [0.1, 0.15) is 0 Å². The summed E-state index contributed by atoms with van der Waals surface area (Å²) >= 11 is 0. The van der Waals surface area contributed by atoms with Gasteiger partial charge in [-0.1, -0.05) is 31.2 Å². The molecule has 0 heterocycles. The summed E-state index contributed by atoms with van der Waals surface area (Å²) in [4.78, 5) is 2.31. The van der Waals surface area contributed by atoms with Gasteiger partial charge in [0.15, 0.2) is 7.98 Å². The van der Waals surface area contributed by atoms with E-state index < -0.39 is 0 Å². The predicted octanol–water partition coefficient (Wildman–Crippen LogP) is 1.37. The Morgan fingerprint density at radius 3 is 2.58 bits per heavy atom. The molecule has 0 amide bonds. The average Bonchev–Trinajstić information content (AvgIpc) is 2.09.